The lowest BCUT2D eigenvalue weighted by Crippen LogP contribution is -2.53. The van der Waals surface area contributed by atoms with Crippen molar-refractivity contribution in [3.63, 3.8) is 0 Å². The Morgan fingerprint density at radius 1 is 1.25 bits per heavy atom. The van der Waals surface area contributed by atoms with Crippen LogP contribution in [0, 0.1) is 5.92 Å². The number of nitrogens with zero attached hydrogens (tertiary/aromatic N) is 1. The minimum atomic E-state index is -0.522. The Balaban J connectivity index is 2.49. The zero-order valence-corrected chi connectivity index (χ0v) is 13.1. The summed E-state index contributed by atoms with van der Waals surface area (Å²) in [6.07, 6.45) is 1.59. The second kappa shape index (κ2) is 6.43. The van der Waals surface area contributed by atoms with Crippen LogP contribution in [0.15, 0.2) is 0 Å². The minimum Gasteiger partial charge on any atom is -0.444 e. The maximum absolute atomic E-state index is 11.9. The first-order chi connectivity index (χ1) is 9.10. The third-order valence-corrected chi connectivity index (χ3v) is 3.39. The average molecular weight is 285 g/mol. The molecule has 6 heteroatoms. The number of rotatable bonds is 2. The molecule has 0 aromatic carbocycles. The Hall–Kier alpha value is -1.30. The van der Waals surface area contributed by atoms with E-state index in [-0.39, 0.29) is 23.9 Å². The van der Waals surface area contributed by atoms with E-state index in [1.165, 1.54) is 0 Å². The molecule has 0 spiro atoms. The molecule has 0 heterocycles. The smallest absolute Gasteiger partial charge is 0.407 e. The van der Waals surface area contributed by atoms with Crippen molar-refractivity contribution in [2.75, 3.05) is 14.1 Å². The fraction of sp³-hybridized carbons (Fsp3) is 0.857. The van der Waals surface area contributed by atoms with E-state index in [1.54, 1.807) is 19.0 Å². The van der Waals surface area contributed by atoms with E-state index in [0.717, 1.165) is 6.42 Å². The lowest BCUT2D eigenvalue weighted by atomic mass is 9.82. The summed E-state index contributed by atoms with van der Waals surface area (Å²) in [4.78, 5) is 25.2. The summed E-state index contributed by atoms with van der Waals surface area (Å²) in [6, 6.07) is -0.346. The van der Waals surface area contributed by atoms with Gasteiger partial charge in [-0.15, -0.1) is 0 Å². The first kappa shape index (κ1) is 16.8. The maximum atomic E-state index is 11.9. The molecule has 0 aromatic rings. The third-order valence-electron chi connectivity index (χ3n) is 3.39. The van der Waals surface area contributed by atoms with Crippen molar-refractivity contribution in [3.05, 3.63) is 0 Å². The van der Waals surface area contributed by atoms with Crippen LogP contribution in [-0.4, -0.2) is 48.7 Å². The molecular weight excluding hydrogens is 258 g/mol. The van der Waals surface area contributed by atoms with Crippen LogP contribution < -0.4 is 11.1 Å². The second-order valence-corrected chi connectivity index (χ2v) is 6.66. The van der Waals surface area contributed by atoms with E-state index < -0.39 is 11.7 Å². The Bertz CT molecular complexity index is 363. The van der Waals surface area contributed by atoms with Gasteiger partial charge < -0.3 is 20.7 Å². The number of nitrogens with two attached hydrogens (primary N) is 1. The topological polar surface area (TPSA) is 84.7 Å². The predicted molar refractivity (Wildman–Crippen MR) is 77.2 cm³/mol. The SMILES string of the molecule is CN(C)C(=O)[C@H]1CC[C@H](NC(=O)OC(C)(C)C)[C@H](N)C1. The van der Waals surface area contributed by atoms with Crippen molar-refractivity contribution in [1.82, 2.24) is 10.2 Å². The molecule has 0 bridgehead atoms. The van der Waals surface area contributed by atoms with Gasteiger partial charge in [-0.2, -0.15) is 0 Å². The van der Waals surface area contributed by atoms with Crippen molar-refractivity contribution < 1.29 is 14.3 Å². The van der Waals surface area contributed by atoms with Crippen LogP contribution in [0.5, 0.6) is 0 Å². The lowest BCUT2D eigenvalue weighted by Gasteiger charge is -2.35. The molecule has 1 rings (SSSR count). The van der Waals surface area contributed by atoms with Gasteiger partial charge in [0.25, 0.3) is 0 Å². The molecule has 0 saturated heterocycles. The van der Waals surface area contributed by atoms with Crippen molar-refractivity contribution in [3.8, 4) is 0 Å². The van der Waals surface area contributed by atoms with Gasteiger partial charge >= 0.3 is 6.09 Å². The zero-order chi connectivity index (χ0) is 15.5. The van der Waals surface area contributed by atoms with Gasteiger partial charge in [-0.05, 0) is 40.0 Å². The van der Waals surface area contributed by atoms with E-state index in [4.69, 9.17) is 10.5 Å². The highest BCUT2D eigenvalue weighted by Gasteiger charge is 2.34. The summed E-state index contributed by atoms with van der Waals surface area (Å²) < 4.78 is 5.22. The Morgan fingerprint density at radius 3 is 2.30 bits per heavy atom. The highest BCUT2D eigenvalue weighted by molar-refractivity contribution is 5.78. The number of hydrogen-bond acceptors (Lipinski definition) is 4. The highest BCUT2D eigenvalue weighted by Crippen LogP contribution is 2.25. The Labute approximate surface area is 121 Å². The molecule has 2 amide bonds. The molecule has 1 aliphatic rings. The fourth-order valence-electron chi connectivity index (χ4n) is 2.43. The van der Waals surface area contributed by atoms with Crippen LogP contribution in [0.3, 0.4) is 0 Å². The van der Waals surface area contributed by atoms with Crippen LogP contribution in [0.25, 0.3) is 0 Å². The van der Waals surface area contributed by atoms with Gasteiger partial charge in [0.2, 0.25) is 5.91 Å². The normalized spacial score (nSPS) is 26.8. The first-order valence-corrected chi connectivity index (χ1v) is 7.06. The quantitative estimate of drug-likeness (QED) is 0.795. The summed E-state index contributed by atoms with van der Waals surface area (Å²) in [5.74, 6) is 0.0628. The second-order valence-electron chi connectivity index (χ2n) is 6.66. The number of alkyl carbamates (subject to hydrolysis) is 1. The highest BCUT2D eigenvalue weighted by atomic mass is 16.6. The van der Waals surface area contributed by atoms with Gasteiger partial charge in [-0.1, -0.05) is 0 Å². The van der Waals surface area contributed by atoms with Gasteiger partial charge in [-0.25, -0.2) is 4.79 Å². The van der Waals surface area contributed by atoms with E-state index in [0.29, 0.717) is 12.8 Å². The van der Waals surface area contributed by atoms with E-state index in [1.807, 2.05) is 20.8 Å². The molecule has 3 N–H and O–H groups in total. The van der Waals surface area contributed by atoms with Crippen LogP contribution in [0.4, 0.5) is 4.79 Å². The largest absolute Gasteiger partial charge is 0.444 e. The standard InChI is InChI=1S/C14H27N3O3/c1-14(2,3)20-13(19)16-11-7-6-9(8-10(11)15)12(18)17(4)5/h9-11H,6-8,15H2,1-5H3,(H,16,19)/t9-,10+,11-/m0/s1. The van der Waals surface area contributed by atoms with Crippen LogP contribution in [0.2, 0.25) is 0 Å². The van der Waals surface area contributed by atoms with Crippen LogP contribution >= 0.6 is 0 Å². The number of carbonyl (C=O) groups excluding carboxylic acids is 2. The van der Waals surface area contributed by atoms with Gasteiger partial charge in [0.1, 0.15) is 5.60 Å². The van der Waals surface area contributed by atoms with Gasteiger partial charge in [-0.3, -0.25) is 4.79 Å². The molecule has 1 aliphatic carbocycles. The lowest BCUT2D eigenvalue weighted by molar-refractivity contribution is -0.134. The van der Waals surface area contributed by atoms with Gasteiger partial charge in [0.05, 0.1) is 0 Å². The molecule has 0 unspecified atom stereocenters. The maximum Gasteiger partial charge on any atom is 0.407 e. The molecule has 1 saturated carbocycles. The summed E-state index contributed by atoms with van der Waals surface area (Å²) >= 11 is 0. The van der Waals surface area contributed by atoms with Gasteiger partial charge in [0.15, 0.2) is 0 Å². The number of carbonyl (C=O) groups is 2. The predicted octanol–water partition coefficient (Wildman–Crippen LogP) is 1.10. The van der Waals surface area contributed by atoms with Crippen LogP contribution in [-0.2, 0) is 9.53 Å². The molecule has 20 heavy (non-hydrogen) atoms. The fourth-order valence-corrected chi connectivity index (χ4v) is 2.43. The van der Waals surface area contributed by atoms with Crippen molar-refractivity contribution in [1.29, 1.82) is 0 Å². The van der Waals surface area contributed by atoms with E-state index >= 15 is 0 Å². The summed E-state index contributed by atoms with van der Waals surface area (Å²) in [5, 5.41) is 2.80. The number of nitrogens with one attached hydrogen (secondary N) is 1. The summed E-state index contributed by atoms with van der Waals surface area (Å²) in [5.41, 5.74) is 5.56. The van der Waals surface area contributed by atoms with Crippen LogP contribution in [0.1, 0.15) is 40.0 Å². The number of ether oxygens (including phenoxy) is 1. The number of hydrogen-bond donors (Lipinski definition) is 2. The van der Waals surface area contributed by atoms with Gasteiger partial charge in [0, 0.05) is 32.1 Å². The zero-order valence-electron chi connectivity index (χ0n) is 13.1. The molecule has 0 aliphatic heterocycles. The molecule has 6 nitrogen and oxygen atoms in total. The molecule has 3 atom stereocenters. The Morgan fingerprint density at radius 2 is 1.85 bits per heavy atom. The number of amides is 2. The molecule has 116 valence electrons. The Kier molecular flexibility index (Phi) is 5.39. The van der Waals surface area contributed by atoms with E-state index in [2.05, 4.69) is 5.32 Å². The minimum absolute atomic E-state index is 0.0447. The molecular formula is C14H27N3O3. The molecule has 0 radical (unpaired) electrons. The third kappa shape index (κ3) is 5.00. The summed E-state index contributed by atoms with van der Waals surface area (Å²) in [7, 11) is 3.50. The summed E-state index contributed by atoms with van der Waals surface area (Å²) in [6.45, 7) is 5.46. The average Bonchev–Trinajstić information content (AvgIpc) is 2.28. The van der Waals surface area contributed by atoms with E-state index in [9.17, 15) is 9.59 Å². The first-order valence-electron chi connectivity index (χ1n) is 7.06. The van der Waals surface area contributed by atoms with Crippen molar-refractivity contribution >= 4 is 12.0 Å². The van der Waals surface area contributed by atoms with Crippen molar-refractivity contribution in [2.24, 2.45) is 11.7 Å². The molecule has 1 fully saturated rings. The van der Waals surface area contributed by atoms with Crippen molar-refractivity contribution in [2.45, 2.75) is 57.7 Å². The molecule has 0 aromatic heterocycles. The monoisotopic (exact) mass is 285 g/mol.